The molecule has 0 rings (SSSR count). The molecule has 68 valence electrons. The molecule has 0 aromatic carbocycles. The van der Waals surface area contributed by atoms with Gasteiger partial charge in [0.15, 0.2) is 0 Å². The van der Waals surface area contributed by atoms with Crippen molar-refractivity contribution >= 4 is 0 Å². The van der Waals surface area contributed by atoms with Crippen molar-refractivity contribution in [2.45, 2.75) is 58.9 Å². The van der Waals surface area contributed by atoms with Gasteiger partial charge < -0.3 is 5.73 Å². The van der Waals surface area contributed by atoms with Gasteiger partial charge in [0.1, 0.15) is 0 Å². The van der Waals surface area contributed by atoms with Crippen LogP contribution in [-0.2, 0) is 0 Å². The lowest BCUT2D eigenvalue weighted by atomic mass is 9.89. The van der Waals surface area contributed by atoms with E-state index in [0.717, 1.165) is 12.3 Å². The minimum atomic E-state index is 0.0210. The Morgan fingerprint density at radius 3 is 2.27 bits per heavy atom. The molecule has 0 radical (unpaired) electrons. The van der Waals surface area contributed by atoms with Crippen molar-refractivity contribution < 1.29 is 0 Å². The van der Waals surface area contributed by atoms with Crippen molar-refractivity contribution in [3.8, 4) is 0 Å². The fourth-order valence-electron chi connectivity index (χ4n) is 1.55. The minimum Gasteiger partial charge on any atom is -0.326 e. The first-order valence-electron chi connectivity index (χ1n) is 4.74. The first kappa shape index (κ1) is 11.0. The van der Waals surface area contributed by atoms with Gasteiger partial charge in [0.05, 0.1) is 0 Å². The van der Waals surface area contributed by atoms with E-state index in [4.69, 9.17) is 5.73 Å². The third-order valence-corrected chi connectivity index (χ3v) is 1.93. The Labute approximate surface area is 71.4 Å². The monoisotopic (exact) mass is 157 g/mol. The largest absolute Gasteiger partial charge is 0.326 e. The molecule has 1 atom stereocenters. The van der Waals surface area contributed by atoms with Crippen molar-refractivity contribution in [3.05, 3.63) is 0 Å². The standard InChI is InChI=1S/C10H23N/c1-5-6-7-9(2)8-10(3,4)11/h9H,5-8,11H2,1-4H3. The van der Waals surface area contributed by atoms with Gasteiger partial charge in [-0.15, -0.1) is 0 Å². The molecule has 0 aromatic heterocycles. The van der Waals surface area contributed by atoms with E-state index in [1.165, 1.54) is 19.3 Å². The molecule has 1 unspecified atom stereocenters. The molecule has 11 heavy (non-hydrogen) atoms. The van der Waals surface area contributed by atoms with Gasteiger partial charge in [-0.25, -0.2) is 0 Å². The second kappa shape index (κ2) is 4.76. The fraction of sp³-hybridized carbons (Fsp3) is 1.00. The predicted octanol–water partition coefficient (Wildman–Crippen LogP) is 2.94. The van der Waals surface area contributed by atoms with Crippen LogP contribution in [0.25, 0.3) is 0 Å². The molecule has 0 aliphatic carbocycles. The fourth-order valence-corrected chi connectivity index (χ4v) is 1.55. The first-order chi connectivity index (χ1) is 4.95. The summed E-state index contributed by atoms with van der Waals surface area (Å²) in [4.78, 5) is 0. The van der Waals surface area contributed by atoms with Crippen molar-refractivity contribution in [3.63, 3.8) is 0 Å². The Balaban J connectivity index is 3.44. The topological polar surface area (TPSA) is 26.0 Å². The highest BCUT2D eigenvalue weighted by atomic mass is 14.7. The van der Waals surface area contributed by atoms with Crippen LogP contribution in [0.1, 0.15) is 53.4 Å². The summed E-state index contributed by atoms with van der Waals surface area (Å²) in [5.74, 6) is 0.787. The second-order valence-corrected chi connectivity index (χ2v) is 4.44. The van der Waals surface area contributed by atoms with E-state index in [1.54, 1.807) is 0 Å². The van der Waals surface area contributed by atoms with Gasteiger partial charge in [-0.2, -0.15) is 0 Å². The van der Waals surface area contributed by atoms with Crippen LogP contribution in [0.15, 0.2) is 0 Å². The lowest BCUT2D eigenvalue weighted by Gasteiger charge is -2.22. The molecule has 0 bridgehead atoms. The third kappa shape index (κ3) is 7.86. The van der Waals surface area contributed by atoms with Gasteiger partial charge in [-0.1, -0.05) is 33.1 Å². The molecule has 0 spiro atoms. The molecule has 0 aromatic rings. The highest BCUT2D eigenvalue weighted by Crippen LogP contribution is 2.18. The van der Waals surface area contributed by atoms with E-state index in [0.29, 0.717) is 0 Å². The molecule has 1 heteroatoms. The summed E-state index contributed by atoms with van der Waals surface area (Å²) in [5.41, 5.74) is 5.93. The summed E-state index contributed by atoms with van der Waals surface area (Å²) in [6.07, 6.45) is 5.12. The summed E-state index contributed by atoms with van der Waals surface area (Å²) < 4.78 is 0. The molecule has 2 N–H and O–H groups in total. The molecule has 0 amide bonds. The smallest absolute Gasteiger partial charge is 0.00995 e. The van der Waals surface area contributed by atoms with Gasteiger partial charge in [0, 0.05) is 5.54 Å². The van der Waals surface area contributed by atoms with Gasteiger partial charge >= 0.3 is 0 Å². The van der Waals surface area contributed by atoms with Gasteiger partial charge in [0.25, 0.3) is 0 Å². The lowest BCUT2D eigenvalue weighted by molar-refractivity contribution is 0.358. The molecular formula is C10H23N. The lowest BCUT2D eigenvalue weighted by Crippen LogP contribution is -2.33. The summed E-state index contributed by atoms with van der Waals surface area (Å²) in [5, 5.41) is 0. The quantitative estimate of drug-likeness (QED) is 0.652. The van der Waals surface area contributed by atoms with Gasteiger partial charge in [-0.05, 0) is 26.2 Å². The Bertz CT molecular complexity index is 91.5. The van der Waals surface area contributed by atoms with Crippen molar-refractivity contribution in [1.82, 2.24) is 0 Å². The second-order valence-electron chi connectivity index (χ2n) is 4.44. The first-order valence-corrected chi connectivity index (χ1v) is 4.74. The molecule has 1 nitrogen and oxygen atoms in total. The van der Waals surface area contributed by atoms with Crippen molar-refractivity contribution in [1.29, 1.82) is 0 Å². The van der Waals surface area contributed by atoms with Gasteiger partial charge in [-0.3, -0.25) is 0 Å². The van der Waals surface area contributed by atoms with E-state index in [9.17, 15) is 0 Å². The molecular weight excluding hydrogens is 134 g/mol. The van der Waals surface area contributed by atoms with Crippen molar-refractivity contribution in [2.75, 3.05) is 0 Å². The molecule has 0 fully saturated rings. The number of hydrogen-bond acceptors (Lipinski definition) is 1. The SMILES string of the molecule is CCCCC(C)CC(C)(C)N. The summed E-state index contributed by atoms with van der Waals surface area (Å²) >= 11 is 0. The average Bonchev–Trinajstić information content (AvgIpc) is 1.79. The molecule has 0 saturated heterocycles. The van der Waals surface area contributed by atoms with Crippen LogP contribution in [0.2, 0.25) is 0 Å². The zero-order valence-electron chi connectivity index (χ0n) is 8.48. The number of rotatable bonds is 5. The Morgan fingerprint density at radius 2 is 1.91 bits per heavy atom. The van der Waals surface area contributed by atoms with Crippen LogP contribution in [0.3, 0.4) is 0 Å². The number of unbranched alkanes of at least 4 members (excludes halogenated alkanes) is 1. The predicted molar refractivity (Wildman–Crippen MR) is 51.6 cm³/mol. The summed E-state index contributed by atoms with van der Waals surface area (Å²) in [6.45, 7) is 8.75. The Morgan fingerprint density at radius 1 is 1.36 bits per heavy atom. The van der Waals surface area contributed by atoms with Crippen LogP contribution in [0.5, 0.6) is 0 Å². The maximum atomic E-state index is 5.91. The van der Waals surface area contributed by atoms with Crippen molar-refractivity contribution in [2.24, 2.45) is 11.7 Å². The number of hydrogen-bond donors (Lipinski definition) is 1. The average molecular weight is 157 g/mol. The normalized spacial score (nSPS) is 15.0. The van der Waals surface area contributed by atoms with E-state index in [2.05, 4.69) is 27.7 Å². The van der Waals surface area contributed by atoms with Gasteiger partial charge in [0.2, 0.25) is 0 Å². The van der Waals surface area contributed by atoms with E-state index in [1.807, 2.05) is 0 Å². The van der Waals surface area contributed by atoms with Crippen LogP contribution in [0.4, 0.5) is 0 Å². The maximum absolute atomic E-state index is 5.91. The molecule has 0 heterocycles. The Kier molecular flexibility index (Phi) is 4.74. The van der Waals surface area contributed by atoms with Crippen LogP contribution in [0, 0.1) is 5.92 Å². The summed E-state index contributed by atoms with van der Waals surface area (Å²) in [7, 11) is 0. The highest BCUT2D eigenvalue weighted by Gasteiger charge is 2.14. The zero-order valence-corrected chi connectivity index (χ0v) is 8.48. The van der Waals surface area contributed by atoms with Crippen LogP contribution >= 0.6 is 0 Å². The van der Waals surface area contributed by atoms with E-state index >= 15 is 0 Å². The van der Waals surface area contributed by atoms with E-state index in [-0.39, 0.29) is 5.54 Å². The highest BCUT2D eigenvalue weighted by molar-refractivity contribution is 4.74. The molecule has 0 aliphatic heterocycles. The Hall–Kier alpha value is -0.0400. The van der Waals surface area contributed by atoms with E-state index < -0.39 is 0 Å². The van der Waals surface area contributed by atoms with Crippen LogP contribution in [-0.4, -0.2) is 5.54 Å². The maximum Gasteiger partial charge on any atom is 0.00995 e. The third-order valence-electron chi connectivity index (χ3n) is 1.93. The molecule has 0 aliphatic rings. The zero-order chi connectivity index (χ0) is 8.91. The summed E-state index contributed by atoms with van der Waals surface area (Å²) in [6, 6.07) is 0. The number of nitrogens with two attached hydrogens (primary N) is 1. The van der Waals surface area contributed by atoms with Crippen LogP contribution < -0.4 is 5.73 Å². The molecule has 0 saturated carbocycles. The minimum absolute atomic E-state index is 0.0210.